The number of aromatic nitrogens is 1. The molecule has 1 amide bonds. The molecule has 0 saturated carbocycles. The largest absolute Gasteiger partial charge is 0.340 e. The van der Waals surface area contributed by atoms with Crippen LogP contribution in [0, 0.1) is 0 Å². The molecule has 2 atom stereocenters. The molecule has 2 rings (SSSR count). The van der Waals surface area contributed by atoms with Gasteiger partial charge in [0.15, 0.2) is 0 Å². The van der Waals surface area contributed by atoms with Crippen LogP contribution in [0.2, 0.25) is 0 Å². The number of aryl methyl sites for hydroxylation is 1. The van der Waals surface area contributed by atoms with Crippen molar-refractivity contribution in [3.63, 3.8) is 0 Å². The number of rotatable bonds is 5. The minimum absolute atomic E-state index is 0.0984. The number of piperidine rings is 1. The molecule has 0 aromatic carbocycles. The molecule has 1 aromatic rings. The summed E-state index contributed by atoms with van der Waals surface area (Å²) in [5.41, 5.74) is 6.64. The number of hydrogen-bond donors (Lipinski definition) is 1. The van der Waals surface area contributed by atoms with Crippen molar-refractivity contribution in [3.8, 4) is 0 Å². The van der Waals surface area contributed by atoms with E-state index in [2.05, 4.69) is 19.2 Å². The van der Waals surface area contributed by atoms with Gasteiger partial charge in [-0.1, -0.05) is 20.3 Å². The second-order valence-electron chi connectivity index (χ2n) is 6.29. The van der Waals surface area contributed by atoms with E-state index in [1.165, 1.54) is 5.01 Å². The zero-order valence-corrected chi connectivity index (χ0v) is 14.2. The number of carbonyl (C=O) groups is 1. The Labute approximate surface area is 131 Å². The Balaban J connectivity index is 2.05. The zero-order chi connectivity index (χ0) is 15.5. The number of hydrogen-bond acceptors (Lipinski definition) is 4. The van der Waals surface area contributed by atoms with Crippen LogP contribution < -0.4 is 5.73 Å². The SMILES string of the molecule is CCCC(C)(N)C(=O)N1CCCC(c2nc(CC)cs2)C1. The van der Waals surface area contributed by atoms with Crippen LogP contribution in [0.25, 0.3) is 0 Å². The summed E-state index contributed by atoms with van der Waals surface area (Å²) in [6, 6.07) is 0. The van der Waals surface area contributed by atoms with E-state index in [4.69, 9.17) is 10.7 Å². The molecule has 0 bridgehead atoms. The second kappa shape index (κ2) is 6.88. The van der Waals surface area contributed by atoms with Crippen LogP contribution in [-0.2, 0) is 11.2 Å². The summed E-state index contributed by atoms with van der Waals surface area (Å²) in [7, 11) is 0. The molecule has 2 unspecified atom stereocenters. The molecule has 1 fully saturated rings. The molecule has 1 aliphatic rings. The van der Waals surface area contributed by atoms with Gasteiger partial charge in [-0.05, 0) is 32.6 Å². The number of amides is 1. The lowest BCUT2D eigenvalue weighted by atomic mass is 9.92. The molecular weight excluding hydrogens is 282 g/mol. The van der Waals surface area contributed by atoms with Gasteiger partial charge < -0.3 is 10.6 Å². The van der Waals surface area contributed by atoms with Crippen LogP contribution in [0.1, 0.15) is 63.1 Å². The van der Waals surface area contributed by atoms with Crippen LogP contribution in [0.4, 0.5) is 0 Å². The fraction of sp³-hybridized carbons (Fsp3) is 0.750. The highest BCUT2D eigenvalue weighted by Crippen LogP contribution is 2.30. The smallest absolute Gasteiger partial charge is 0.242 e. The van der Waals surface area contributed by atoms with Crippen molar-refractivity contribution >= 4 is 17.2 Å². The minimum Gasteiger partial charge on any atom is -0.340 e. The number of nitrogens with zero attached hydrogens (tertiary/aromatic N) is 2. The van der Waals surface area contributed by atoms with E-state index < -0.39 is 5.54 Å². The van der Waals surface area contributed by atoms with E-state index in [9.17, 15) is 4.79 Å². The van der Waals surface area contributed by atoms with Crippen molar-refractivity contribution in [2.75, 3.05) is 13.1 Å². The highest BCUT2D eigenvalue weighted by molar-refractivity contribution is 7.09. The third-order valence-corrected chi connectivity index (χ3v) is 5.30. The molecule has 118 valence electrons. The summed E-state index contributed by atoms with van der Waals surface area (Å²) in [5.74, 6) is 0.478. The summed E-state index contributed by atoms with van der Waals surface area (Å²) >= 11 is 1.73. The third kappa shape index (κ3) is 3.83. The van der Waals surface area contributed by atoms with Crippen molar-refractivity contribution in [2.24, 2.45) is 5.73 Å². The number of carbonyl (C=O) groups excluding carboxylic acids is 1. The number of nitrogens with two attached hydrogens (primary N) is 1. The summed E-state index contributed by atoms with van der Waals surface area (Å²) in [4.78, 5) is 19.3. The van der Waals surface area contributed by atoms with E-state index in [0.29, 0.717) is 5.92 Å². The van der Waals surface area contributed by atoms with Crippen molar-refractivity contribution in [2.45, 2.75) is 64.3 Å². The van der Waals surface area contributed by atoms with E-state index >= 15 is 0 Å². The van der Waals surface area contributed by atoms with Gasteiger partial charge in [-0.25, -0.2) is 4.98 Å². The van der Waals surface area contributed by atoms with E-state index in [-0.39, 0.29) is 5.91 Å². The first-order valence-corrected chi connectivity index (χ1v) is 8.88. The third-order valence-electron chi connectivity index (χ3n) is 4.25. The van der Waals surface area contributed by atoms with Crippen LogP contribution in [0.3, 0.4) is 0 Å². The number of thiazole rings is 1. The molecular formula is C16H27N3OS. The van der Waals surface area contributed by atoms with Gasteiger partial charge in [-0.2, -0.15) is 0 Å². The number of likely N-dealkylation sites (tertiary alicyclic amines) is 1. The maximum atomic E-state index is 12.6. The van der Waals surface area contributed by atoms with Crippen LogP contribution in [0.5, 0.6) is 0 Å². The fourth-order valence-corrected chi connectivity index (χ4v) is 4.05. The predicted molar refractivity (Wildman–Crippen MR) is 87.5 cm³/mol. The molecule has 4 nitrogen and oxygen atoms in total. The molecule has 21 heavy (non-hydrogen) atoms. The standard InChI is InChI=1S/C16H27N3OS/c1-4-8-16(3,17)15(20)19-9-6-7-12(10-19)14-18-13(5-2)11-21-14/h11-12H,4-10,17H2,1-3H3. The topological polar surface area (TPSA) is 59.2 Å². The highest BCUT2D eigenvalue weighted by atomic mass is 32.1. The normalized spacial score (nSPS) is 22.1. The van der Waals surface area contributed by atoms with Crippen molar-refractivity contribution in [1.82, 2.24) is 9.88 Å². The van der Waals surface area contributed by atoms with Crippen LogP contribution in [0.15, 0.2) is 5.38 Å². The monoisotopic (exact) mass is 309 g/mol. The predicted octanol–water partition coefficient (Wildman–Crippen LogP) is 2.93. The highest BCUT2D eigenvalue weighted by Gasteiger charge is 2.35. The van der Waals surface area contributed by atoms with Gasteiger partial charge in [0, 0.05) is 24.4 Å². The Kier molecular flexibility index (Phi) is 5.38. The Morgan fingerprint density at radius 3 is 2.95 bits per heavy atom. The first-order chi connectivity index (χ1) is 9.97. The molecule has 1 aliphatic heterocycles. The van der Waals surface area contributed by atoms with Crippen LogP contribution >= 0.6 is 11.3 Å². The lowest BCUT2D eigenvalue weighted by Crippen LogP contribution is -2.55. The summed E-state index contributed by atoms with van der Waals surface area (Å²) in [5, 5.41) is 3.32. The van der Waals surface area contributed by atoms with E-state index in [1.54, 1.807) is 11.3 Å². The lowest BCUT2D eigenvalue weighted by molar-refractivity contribution is -0.137. The minimum atomic E-state index is -0.728. The van der Waals surface area contributed by atoms with Gasteiger partial charge in [0.1, 0.15) is 0 Å². The van der Waals surface area contributed by atoms with Gasteiger partial charge in [0.2, 0.25) is 5.91 Å². The first kappa shape index (κ1) is 16.4. The van der Waals surface area contributed by atoms with Gasteiger partial charge in [0.05, 0.1) is 16.2 Å². The van der Waals surface area contributed by atoms with Crippen LogP contribution in [-0.4, -0.2) is 34.4 Å². The summed E-state index contributed by atoms with van der Waals surface area (Å²) in [6.07, 6.45) is 4.81. The quantitative estimate of drug-likeness (QED) is 0.909. The average Bonchev–Trinajstić information content (AvgIpc) is 2.95. The Hall–Kier alpha value is -0.940. The Bertz CT molecular complexity index is 484. The van der Waals surface area contributed by atoms with E-state index in [1.807, 2.05) is 11.8 Å². The lowest BCUT2D eigenvalue weighted by Gasteiger charge is -2.37. The molecule has 2 N–H and O–H groups in total. The molecule has 0 spiro atoms. The maximum absolute atomic E-state index is 12.6. The van der Waals surface area contributed by atoms with Crippen molar-refractivity contribution < 1.29 is 4.79 Å². The van der Waals surface area contributed by atoms with E-state index in [0.717, 1.165) is 50.9 Å². The van der Waals surface area contributed by atoms with Gasteiger partial charge >= 0.3 is 0 Å². The Morgan fingerprint density at radius 2 is 2.33 bits per heavy atom. The second-order valence-corrected chi connectivity index (χ2v) is 7.18. The van der Waals surface area contributed by atoms with Crippen molar-refractivity contribution in [3.05, 3.63) is 16.1 Å². The molecule has 5 heteroatoms. The maximum Gasteiger partial charge on any atom is 0.242 e. The molecule has 0 aliphatic carbocycles. The van der Waals surface area contributed by atoms with Gasteiger partial charge in [-0.3, -0.25) is 4.79 Å². The zero-order valence-electron chi connectivity index (χ0n) is 13.4. The molecule has 2 heterocycles. The summed E-state index contributed by atoms with van der Waals surface area (Å²) in [6.45, 7) is 7.66. The van der Waals surface area contributed by atoms with Gasteiger partial charge in [0.25, 0.3) is 0 Å². The van der Waals surface area contributed by atoms with Gasteiger partial charge in [-0.15, -0.1) is 11.3 Å². The molecule has 1 saturated heterocycles. The Morgan fingerprint density at radius 1 is 1.57 bits per heavy atom. The molecule has 0 radical (unpaired) electrons. The average molecular weight is 309 g/mol. The summed E-state index contributed by atoms with van der Waals surface area (Å²) < 4.78 is 0. The molecule has 1 aromatic heterocycles. The fourth-order valence-electron chi connectivity index (χ4n) is 3.02. The first-order valence-electron chi connectivity index (χ1n) is 8.00. The van der Waals surface area contributed by atoms with Crippen molar-refractivity contribution in [1.29, 1.82) is 0 Å².